The van der Waals surface area contributed by atoms with Crippen molar-refractivity contribution in [1.29, 1.82) is 0 Å². The Hall–Kier alpha value is -1.81. The minimum absolute atomic E-state index is 0.0233. The van der Waals surface area contributed by atoms with Crippen LogP contribution in [0.15, 0.2) is 34.6 Å². The van der Waals surface area contributed by atoms with E-state index < -0.39 is 0 Å². The fourth-order valence-electron chi connectivity index (χ4n) is 2.40. The highest BCUT2D eigenvalue weighted by Crippen LogP contribution is 2.35. The highest BCUT2D eigenvalue weighted by Gasteiger charge is 2.15. The van der Waals surface area contributed by atoms with E-state index in [1.165, 1.54) is 17.8 Å². The van der Waals surface area contributed by atoms with Gasteiger partial charge in [0.2, 0.25) is 0 Å². The minimum Gasteiger partial charge on any atom is -0.344 e. The number of rotatable bonds is 4. The maximum Gasteiger partial charge on any atom is 0.176 e. The Balaban J connectivity index is 2.46. The second-order valence-corrected chi connectivity index (χ2v) is 6.67. The van der Waals surface area contributed by atoms with Gasteiger partial charge in [-0.3, -0.25) is 4.79 Å². The molecule has 2 rings (SSSR count). The van der Waals surface area contributed by atoms with Gasteiger partial charge in [0.15, 0.2) is 5.78 Å². The average molecular weight is 317 g/mol. The largest absolute Gasteiger partial charge is 0.344 e. The molecule has 0 N–H and O–H groups in total. The number of Topliss-reactive ketones (excluding diaryl/α,β-unsaturated/α-hetero) is 1. The van der Waals surface area contributed by atoms with Crippen molar-refractivity contribution in [2.24, 2.45) is 7.05 Å². The molecule has 22 heavy (non-hydrogen) atoms. The van der Waals surface area contributed by atoms with Crippen molar-refractivity contribution >= 4 is 23.1 Å². The number of aromatic nitrogens is 1. The third kappa shape index (κ3) is 3.02. The van der Waals surface area contributed by atoms with Crippen LogP contribution in [0.4, 0.5) is 4.39 Å². The molecule has 1 aromatic carbocycles. The average Bonchev–Trinajstić information content (AvgIpc) is 2.70. The van der Waals surface area contributed by atoms with E-state index >= 15 is 0 Å². The van der Waals surface area contributed by atoms with Crippen LogP contribution in [0.3, 0.4) is 0 Å². The SMILES string of the molecule is C=C(C)c1cc(Sc2cc(C(C)=O)n(C)c2C)cc(F)c1C. The van der Waals surface area contributed by atoms with Gasteiger partial charge in [-0.1, -0.05) is 23.9 Å². The molecule has 0 bridgehead atoms. The Morgan fingerprint density at radius 2 is 1.86 bits per heavy atom. The van der Waals surface area contributed by atoms with Crippen LogP contribution in [0.2, 0.25) is 0 Å². The van der Waals surface area contributed by atoms with Gasteiger partial charge in [0.05, 0.1) is 5.69 Å². The molecule has 0 aliphatic rings. The Labute approximate surface area is 135 Å². The molecule has 0 spiro atoms. The van der Waals surface area contributed by atoms with Gasteiger partial charge in [-0.05, 0) is 50.1 Å². The van der Waals surface area contributed by atoms with Gasteiger partial charge in [-0.2, -0.15) is 0 Å². The molecule has 4 heteroatoms. The number of allylic oxidation sites excluding steroid dienone is 1. The van der Waals surface area contributed by atoms with Gasteiger partial charge in [0.1, 0.15) is 5.82 Å². The van der Waals surface area contributed by atoms with Crippen LogP contribution < -0.4 is 0 Å². The molecule has 0 saturated carbocycles. The summed E-state index contributed by atoms with van der Waals surface area (Å²) in [6.45, 7) is 11.0. The summed E-state index contributed by atoms with van der Waals surface area (Å²) in [4.78, 5) is 13.4. The van der Waals surface area contributed by atoms with E-state index in [1.54, 1.807) is 13.8 Å². The third-order valence-corrected chi connectivity index (χ3v) is 4.96. The summed E-state index contributed by atoms with van der Waals surface area (Å²) >= 11 is 1.47. The second-order valence-electron chi connectivity index (χ2n) is 5.55. The Morgan fingerprint density at radius 3 is 2.36 bits per heavy atom. The first-order chi connectivity index (χ1) is 10.2. The van der Waals surface area contributed by atoms with E-state index in [2.05, 4.69) is 6.58 Å². The molecule has 0 radical (unpaired) electrons. The van der Waals surface area contributed by atoms with Gasteiger partial charge in [0, 0.05) is 29.5 Å². The monoisotopic (exact) mass is 317 g/mol. The van der Waals surface area contributed by atoms with Crippen LogP contribution in [0.5, 0.6) is 0 Å². The lowest BCUT2D eigenvalue weighted by Crippen LogP contribution is -2.02. The van der Waals surface area contributed by atoms with Crippen molar-refractivity contribution in [3.63, 3.8) is 0 Å². The fourth-order valence-corrected chi connectivity index (χ4v) is 3.44. The topological polar surface area (TPSA) is 22.0 Å². The summed E-state index contributed by atoms with van der Waals surface area (Å²) < 4.78 is 16.0. The van der Waals surface area contributed by atoms with Crippen molar-refractivity contribution in [3.8, 4) is 0 Å². The molecule has 2 nitrogen and oxygen atoms in total. The molecule has 0 fully saturated rings. The van der Waals surface area contributed by atoms with Crippen molar-refractivity contribution < 1.29 is 9.18 Å². The standard InChI is InChI=1S/C18H20FNOS/c1-10(2)15-7-14(8-16(19)11(15)3)22-18-9-17(13(5)21)20(6)12(18)4/h7-9H,1H2,2-6H3. The highest BCUT2D eigenvalue weighted by molar-refractivity contribution is 7.99. The summed E-state index contributed by atoms with van der Waals surface area (Å²) in [5.74, 6) is -0.210. The highest BCUT2D eigenvalue weighted by atomic mass is 32.2. The van der Waals surface area contributed by atoms with Crippen molar-refractivity contribution in [2.75, 3.05) is 0 Å². The number of carbonyl (C=O) groups excluding carboxylic acids is 1. The molecule has 0 atom stereocenters. The van der Waals surface area contributed by atoms with Crippen LogP contribution in [-0.2, 0) is 7.05 Å². The zero-order valence-electron chi connectivity index (χ0n) is 13.6. The predicted molar refractivity (Wildman–Crippen MR) is 90.1 cm³/mol. The van der Waals surface area contributed by atoms with E-state index in [-0.39, 0.29) is 11.6 Å². The van der Waals surface area contributed by atoms with E-state index in [1.807, 2.05) is 37.6 Å². The van der Waals surface area contributed by atoms with Crippen LogP contribution in [0.25, 0.3) is 5.57 Å². The first-order valence-electron chi connectivity index (χ1n) is 7.03. The molecule has 0 amide bonds. The predicted octanol–water partition coefficient (Wildman–Crippen LogP) is 5.17. The van der Waals surface area contributed by atoms with Crippen molar-refractivity contribution in [1.82, 2.24) is 4.57 Å². The fraction of sp³-hybridized carbons (Fsp3) is 0.278. The van der Waals surface area contributed by atoms with E-state index in [0.29, 0.717) is 11.3 Å². The summed E-state index contributed by atoms with van der Waals surface area (Å²) in [6.07, 6.45) is 0. The number of halogens is 1. The smallest absolute Gasteiger partial charge is 0.176 e. The lowest BCUT2D eigenvalue weighted by Gasteiger charge is -2.10. The molecule has 2 aromatic rings. The summed E-state index contributed by atoms with van der Waals surface area (Å²) in [5.41, 5.74) is 3.95. The molecule has 1 aromatic heterocycles. The number of ketones is 1. The van der Waals surface area contributed by atoms with Crippen molar-refractivity contribution in [2.45, 2.75) is 37.5 Å². The number of carbonyl (C=O) groups is 1. The summed E-state index contributed by atoms with van der Waals surface area (Å²) in [6, 6.07) is 5.35. The van der Waals surface area contributed by atoms with E-state index in [4.69, 9.17) is 0 Å². The number of benzene rings is 1. The Morgan fingerprint density at radius 1 is 1.23 bits per heavy atom. The Bertz CT molecular complexity index is 774. The van der Waals surface area contributed by atoms with Crippen LogP contribution in [0, 0.1) is 19.7 Å². The lowest BCUT2D eigenvalue weighted by atomic mass is 10.0. The minimum atomic E-state index is -0.233. The van der Waals surface area contributed by atoms with Crippen LogP contribution >= 0.6 is 11.8 Å². The first-order valence-corrected chi connectivity index (χ1v) is 7.85. The molecule has 0 unspecified atom stereocenters. The molecule has 0 saturated heterocycles. The van der Waals surface area contributed by atoms with Crippen LogP contribution in [-0.4, -0.2) is 10.4 Å². The molecule has 0 aliphatic carbocycles. The molecule has 116 valence electrons. The van der Waals surface area contributed by atoms with E-state index in [0.717, 1.165) is 26.6 Å². The lowest BCUT2D eigenvalue weighted by molar-refractivity contribution is 0.101. The third-order valence-electron chi connectivity index (χ3n) is 3.86. The first kappa shape index (κ1) is 16.6. The van der Waals surface area contributed by atoms with E-state index in [9.17, 15) is 9.18 Å². The summed E-state index contributed by atoms with van der Waals surface area (Å²) in [7, 11) is 1.87. The zero-order valence-corrected chi connectivity index (χ0v) is 14.4. The van der Waals surface area contributed by atoms with Gasteiger partial charge < -0.3 is 4.57 Å². The number of hydrogen-bond donors (Lipinski definition) is 0. The maximum atomic E-state index is 14.1. The van der Waals surface area contributed by atoms with Gasteiger partial charge >= 0.3 is 0 Å². The van der Waals surface area contributed by atoms with Crippen molar-refractivity contribution in [3.05, 3.63) is 53.1 Å². The molecular formula is C18H20FNOS. The zero-order chi connectivity index (χ0) is 16.6. The molecule has 1 heterocycles. The van der Waals surface area contributed by atoms with Gasteiger partial charge in [-0.15, -0.1) is 0 Å². The van der Waals surface area contributed by atoms with Gasteiger partial charge in [-0.25, -0.2) is 4.39 Å². The second kappa shape index (κ2) is 6.13. The molecule has 0 aliphatic heterocycles. The molecular weight excluding hydrogens is 297 g/mol. The number of nitrogens with zero attached hydrogens (tertiary/aromatic N) is 1. The van der Waals surface area contributed by atoms with Gasteiger partial charge in [0.25, 0.3) is 0 Å². The quantitative estimate of drug-likeness (QED) is 0.726. The normalized spacial score (nSPS) is 10.8. The Kier molecular flexibility index (Phi) is 4.61. The summed E-state index contributed by atoms with van der Waals surface area (Å²) in [5, 5.41) is 0. The number of hydrogen-bond acceptors (Lipinski definition) is 2. The van der Waals surface area contributed by atoms with Crippen LogP contribution in [0.1, 0.15) is 41.2 Å². The maximum absolute atomic E-state index is 14.1.